The van der Waals surface area contributed by atoms with Crippen LogP contribution in [0.4, 0.5) is 0 Å². The predicted octanol–water partition coefficient (Wildman–Crippen LogP) is 3.88. The van der Waals surface area contributed by atoms with Crippen LogP contribution < -0.4 is 4.74 Å². The molecule has 0 spiro atoms. The van der Waals surface area contributed by atoms with Gasteiger partial charge in [0.1, 0.15) is 11.3 Å². The van der Waals surface area contributed by atoms with Gasteiger partial charge in [0, 0.05) is 17.1 Å². The van der Waals surface area contributed by atoms with Crippen LogP contribution >= 0.6 is 0 Å². The molecule has 5 heteroatoms. The topological polar surface area (TPSA) is 62.7 Å². The SMILES string of the molecule is C[C@@H]1Oc2c(ccc3cccnc23)[C@@H](C)N1C(=O)c1ccccc1O. The number of pyridine rings is 1. The van der Waals surface area contributed by atoms with Gasteiger partial charge in [0.15, 0.2) is 12.0 Å². The van der Waals surface area contributed by atoms with Crippen molar-refractivity contribution in [1.29, 1.82) is 0 Å². The van der Waals surface area contributed by atoms with E-state index in [4.69, 9.17) is 4.74 Å². The number of para-hydroxylation sites is 1. The minimum Gasteiger partial charge on any atom is -0.507 e. The quantitative estimate of drug-likeness (QED) is 0.733. The van der Waals surface area contributed by atoms with Crippen molar-refractivity contribution in [2.24, 2.45) is 0 Å². The highest BCUT2D eigenvalue weighted by Crippen LogP contribution is 2.41. The van der Waals surface area contributed by atoms with Crippen molar-refractivity contribution < 1.29 is 14.6 Å². The van der Waals surface area contributed by atoms with Crippen molar-refractivity contribution in [3.05, 3.63) is 65.9 Å². The van der Waals surface area contributed by atoms with Crippen LogP contribution in [0.1, 0.15) is 35.8 Å². The van der Waals surface area contributed by atoms with Gasteiger partial charge in [0.25, 0.3) is 5.91 Å². The molecule has 1 N–H and O–H groups in total. The average Bonchev–Trinajstić information content (AvgIpc) is 2.62. The summed E-state index contributed by atoms with van der Waals surface area (Å²) < 4.78 is 6.07. The van der Waals surface area contributed by atoms with Gasteiger partial charge in [-0.3, -0.25) is 14.7 Å². The maximum Gasteiger partial charge on any atom is 0.260 e. The Labute approximate surface area is 145 Å². The summed E-state index contributed by atoms with van der Waals surface area (Å²) in [5.41, 5.74) is 1.98. The second-order valence-corrected chi connectivity index (χ2v) is 6.18. The lowest BCUT2D eigenvalue weighted by Crippen LogP contribution is -2.46. The number of rotatable bonds is 1. The zero-order valence-electron chi connectivity index (χ0n) is 14.0. The molecule has 5 nitrogen and oxygen atoms in total. The first-order valence-corrected chi connectivity index (χ1v) is 8.23. The Hall–Kier alpha value is -3.08. The summed E-state index contributed by atoms with van der Waals surface area (Å²) in [6.45, 7) is 3.80. The number of benzene rings is 2. The number of phenols is 1. The van der Waals surface area contributed by atoms with Crippen molar-refractivity contribution in [3.63, 3.8) is 0 Å². The standard InChI is InChI=1S/C20H18N2O3/c1-12-15-10-9-14-6-5-11-21-18(14)19(15)25-13(2)22(12)20(24)16-7-3-4-8-17(16)23/h3-13,23H,1-2H3/t12-,13+/m1/s1. The molecule has 0 fully saturated rings. The van der Waals surface area contributed by atoms with Gasteiger partial charge in [-0.1, -0.05) is 30.3 Å². The molecular weight excluding hydrogens is 316 g/mol. The summed E-state index contributed by atoms with van der Waals surface area (Å²) in [6.07, 6.45) is 1.27. The summed E-state index contributed by atoms with van der Waals surface area (Å²) in [7, 11) is 0. The minimum atomic E-state index is -0.470. The Morgan fingerprint density at radius 1 is 1.12 bits per heavy atom. The first-order chi connectivity index (χ1) is 12.1. The molecule has 0 saturated carbocycles. The van der Waals surface area contributed by atoms with Gasteiger partial charge in [-0.2, -0.15) is 0 Å². The molecule has 2 heterocycles. The van der Waals surface area contributed by atoms with Gasteiger partial charge >= 0.3 is 0 Å². The van der Waals surface area contributed by atoms with Crippen molar-refractivity contribution >= 4 is 16.8 Å². The second-order valence-electron chi connectivity index (χ2n) is 6.18. The third-order valence-electron chi connectivity index (χ3n) is 4.68. The Kier molecular flexibility index (Phi) is 3.57. The summed E-state index contributed by atoms with van der Waals surface area (Å²) in [6, 6.07) is 14.2. The van der Waals surface area contributed by atoms with E-state index in [0.29, 0.717) is 0 Å². The molecule has 0 radical (unpaired) electrons. The summed E-state index contributed by atoms with van der Waals surface area (Å²) in [5.74, 6) is 0.433. The number of nitrogens with zero attached hydrogens (tertiary/aromatic N) is 2. The molecule has 0 unspecified atom stereocenters. The number of aromatic nitrogens is 1. The highest BCUT2D eigenvalue weighted by atomic mass is 16.5. The number of fused-ring (bicyclic) bond motifs is 3. The summed E-state index contributed by atoms with van der Waals surface area (Å²) >= 11 is 0. The first-order valence-electron chi connectivity index (χ1n) is 8.23. The van der Waals surface area contributed by atoms with E-state index in [-0.39, 0.29) is 23.3 Å². The van der Waals surface area contributed by atoms with E-state index in [1.807, 2.05) is 38.1 Å². The van der Waals surface area contributed by atoms with Crippen LogP contribution in [0.2, 0.25) is 0 Å². The number of hydrogen-bond acceptors (Lipinski definition) is 4. The highest BCUT2D eigenvalue weighted by molar-refractivity contribution is 5.97. The molecule has 1 aliphatic heterocycles. The fraction of sp³-hybridized carbons (Fsp3) is 0.200. The van der Waals surface area contributed by atoms with Crippen molar-refractivity contribution in [2.45, 2.75) is 26.1 Å². The third-order valence-corrected chi connectivity index (χ3v) is 4.68. The van der Waals surface area contributed by atoms with E-state index >= 15 is 0 Å². The second kappa shape index (κ2) is 5.77. The normalized spacial score (nSPS) is 19.4. The van der Waals surface area contributed by atoms with E-state index < -0.39 is 6.23 Å². The molecule has 3 aromatic rings. The predicted molar refractivity (Wildman–Crippen MR) is 94.5 cm³/mol. The van der Waals surface area contributed by atoms with Gasteiger partial charge in [-0.05, 0) is 32.0 Å². The number of carbonyl (C=O) groups is 1. The molecule has 0 bridgehead atoms. The van der Waals surface area contributed by atoms with E-state index in [0.717, 1.165) is 22.2 Å². The van der Waals surface area contributed by atoms with Crippen molar-refractivity contribution in [2.75, 3.05) is 0 Å². The lowest BCUT2D eigenvalue weighted by Gasteiger charge is -2.40. The van der Waals surface area contributed by atoms with E-state index in [1.165, 1.54) is 6.07 Å². The number of phenolic OH excluding ortho intramolecular Hbond substituents is 1. The smallest absolute Gasteiger partial charge is 0.260 e. The fourth-order valence-corrected chi connectivity index (χ4v) is 3.41. The zero-order chi connectivity index (χ0) is 17.6. The molecule has 4 rings (SSSR count). The molecule has 0 aliphatic carbocycles. The largest absolute Gasteiger partial charge is 0.507 e. The van der Waals surface area contributed by atoms with E-state index in [1.54, 1.807) is 29.3 Å². The Morgan fingerprint density at radius 2 is 1.92 bits per heavy atom. The van der Waals surface area contributed by atoms with Gasteiger partial charge in [-0.25, -0.2) is 0 Å². The summed E-state index contributed by atoms with van der Waals surface area (Å²) in [5, 5.41) is 11.0. The van der Waals surface area contributed by atoms with E-state index in [9.17, 15) is 9.90 Å². The Balaban J connectivity index is 1.80. The molecule has 126 valence electrons. The molecule has 1 aromatic heterocycles. The number of carbonyl (C=O) groups excluding carboxylic acids is 1. The van der Waals surface area contributed by atoms with Crippen LogP contribution in [0, 0.1) is 0 Å². The third kappa shape index (κ3) is 2.39. The number of aromatic hydroxyl groups is 1. The van der Waals surface area contributed by atoms with Crippen LogP contribution in [-0.2, 0) is 0 Å². The molecule has 1 aliphatic rings. The van der Waals surface area contributed by atoms with Crippen LogP contribution in [0.3, 0.4) is 0 Å². The molecular formula is C20H18N2O3. The zero-order valence-corrected chi connectivity index (χ0v) is 14.0. The number of ether oxygens (including phenoxy) is 1. The van der Waals surface area contributed by atoms with Crippen molar-refractivity contribution in [3.8, 4) is 11.5 Å². The van der Waals surface area contributed by atoms with Crippen LogP contribution in [-0.4, -0.2) is 27.1 Å². The van der Waals surface area contributed by atoms with Gasteiger partial charge < -0.3 is 9.84 Å². The lowest BCUT2D eigenvalue weighted by atomic mass is 9.99. The monoisotopic (exact) mass is 334 g/mol. The van der Waals surface area contributed by atoms with Gasteiger partial charge in [0.05, 0.1) is 11.6 Å². The molecule has 0 saturated heterocycles. The Morgan fingerprint density at radius 3 is 2.72 bits per heavy atom. The molecule has 2 aromatic carbocycles. The van der Waals surface area contributed by atoms with E-state index in [2.05, 4.69) is 4.98 Å². The maximum absolute atomic E-state index is 13.0. The average molecular weight is 334 g/mol. The molecule has 1 amide bonds. The van der Waals surface area contributed by atoms with Crippen LogP contribution in [0.5, 0.6) is 11.5 Å². The van der Waals surface area contributed by atoms with Crippen molar-refractivity contribution in [1.82, 2.24) is 9.88 Å². The number of hydrogen-bond donors (Lipinski definition) is 1. The first kappa shape index (κ1) is 15.4. The highest BCUT2D eigenvalue weighted by Gasteiger charge is 2.36. The van der Waals surface area contributed by atoms with Gasteiger partial charge in [0.2, 0.25) is 0 Å². The molecule has 25 heavy (non-hydrogen) atoms. The number of amides is 1. The fourth-order valence-electron chi connectivity index (χ4n) is 3.41. The molecule has 2 atom stereocenters. The van der Waals surface area contributed by atoms with Crippen LogP contribution in [0.25, 0.3) is 10.9 Å². The van der Waals surface area contributed by atoms with Crippen LogP contribution in [0.15, 0.2) is 54.7 Å². The lowest BCUT2D eigenvalue weighted by molar-refractivity contribution is -0.000923. The Bertz CT molecular complexity index is 970. The maximum atomic E-state index is 13.0. The summed E-state index contributed by atoms with van der Waals surface area (Å²) in [4.78, 5) is 19.1. The van der Waals surface area contributed by atoms with Gasteiger partial charge in [-0.15, -0.1) is 0 Å². The minimum absolute atomic E-state index is 0.0297.